The van der Waals surface area contributed by atoms with Crippen molar-refractivity contribution >= 4 is 5.91 Å². The molecule has 1 amide bonds. The van der Waals surface area contributed by atoms with Gasteiger partial charge >= 0.3 is 0 Å². The Labute approximate surface area is 181 Å². The molecule has 3 heteroatoms. The minimum Gasteiger partial charge on any atom is -0.353 e. The number of nitrogens with one attached hydrogen (secondary N) is 1. The first-order chi connectivity index (χ1) is 13.7. The Kier molecular flexibility index (Phi) is 16.3. The minimum absolute atomic E-state index is 0.0380. The molecule has 0 saturated heterocycles. The molecule has 0 aliphatic heterocycles. The van der Waals surface area contributed by atoms with Crippen molar-refractivity contribution in [1.29, 1.82) is 0 Å². The van der Waals surface area contributed by atoms with Crippen molar-refractivity contribution in [1.82, 2.24) is 10.2 Å². The second-order valence-corrected chi connectivity index (χ2v) is 8.53. The van der Waals surface area contributed by atoms with Gasteiger partial charge in [0, 0.05) is 12.6 Å². The van der Waals surface area contributed by atoms with Crippen LogP contribution in [0.15, 0.2) is 46.6 Å². The molecule has 0 fully saturated rings. The Balaban J connectivity index is 4.05. The van der Waals surface area contributed by atoms with Gasteiger partial charge in [-0.15, -0.1) is 0 Å². The summed E-state index contributed by atoms with van der Waals surface area (Å²) in [5.41, 5.74) is 5.47. The van der Waals surface area contributed by atoms with Crippen LogP contribution >= 0.6 is 0 Å². The van der Waals surface area contributed by atoms with Crippen LogP contribution in [0.1, 0.15) is 86.5 Å². The van der Waals surface area contributed by atoms with Crippen molar-refractivity contribution in [2.45, 2.75) is 86.5 Å². The maximum atomic E-state index is 12.0. The Morgan fingerprint density at radius 3 is 1.86 bits per heavy atom. The van der Waals surface area contributed by atoms with Crippen LogP contribution in [0.3, 0.4) is 0 Å². The third-order valence-electron chi connectivity index (χ3n) is 5.09. The van der Waals surface area contributed by atoms with Crippen LogP contribution < -0.4 is 5.32 Å². The molecule has 0 heterocycles. The average molecular weight is 403 g/mol. The van der Waals surface area contributed by atoms with E-state index >= 15 is 0 Å². The molecule has 0 atom stereocenters. The maximum absolute atomic E-state index is 12.0. The molecule has 166 valence electrons. The summed E-state index contributed by atoms with van der Waals surface area (Å²) in [7, 11) is 2.10. The largest absolute Gasteiger partial charge is 0.353 e. The van der Waals surface area contributed by atoms with Gasteiger partial charge in [0.25, 0.3) is 0 Å². The third kappa shape index (κ3) is 18.2. The van der Waals surface area contributed by atoms with Gasteiger partial charge in [-0.2, -0.15) is 0 Å². The van der Waals surface area contributed by atoms with Crippen molar-refractivity contribution in [3.63, 3.8) is 0 Å². The summed E-state index contributed by atoms with van der Waals surface area (Å²) in [6.07, 6.45) is 16.3. The number of carbonyl (C=O) groups excluding carboxylic acids is 1. The van der Waals surface area contributed by atoms with Gasteiger partial charge in [0.15, 0.2) is 0 Å². The van der Waals surface area contributed by atoms with Crippen LogP contribution in [-0.4, -0.2) is 37.5 Å². The number of carbonyl (C=O) groups is 1. The number of amides is 1. The molecule has 0 spiro atoms. The monoisotopic (exact) mass is 402 g/mol. The third-order valence-corrected chi connectivity index (χ3v) is 5.09. The Morgan fingerprint density at radius 2 is 1.34 bits per heavy atom. The number of nitrogens with zero attached hydrogens (tertiary/aromatic N) is 1. The quantitative estimate of drug-likeness (QED) is 0.190. The maximum Gasteiger partial charge on any atom is 0.243 e. The normalized spacial score (nSPS) is 13.0. The van der Waals surface area contributed by atoms with Gasteiger partial charge in [-0.05, 0) is 99.7 Å². The molecule has 0 aromatic rings. The Bertz CT molecular complexity index is 578. The van der Waals surface area contributed by atoms with E-state index in [1.54, 1.807) is 6.08 Å². The van der Waals surface area contributed by atoms with Crippen LogP contribution in [0, 0.1) is 0 Å². The molecule has 1 N–H and O–H groups in total. The Morgan fingerprint density at radius 1 is 0.828 bits per heavy atom. The summed E-state index contributed by atoms with van der Waals surface area (Å²) in [5.74, 6) is 0.0380. The fraction of sp³-hybridized carbons (Fsp3) is 0.654. The summed E-state index contributed by atoms with van der Waals surface area (Å²) in [5, 5.41) is 2.98. The van der Waals surface area contributed by atoms with Gasteiger partial charge in [-0.1, -0.05) is 47.4 Å². The molecule has 0 saturated carbocycles. The summed E-state index contributed by atoms with van der Waals surface area (Å²) in [6.45, 7) is 15.8. The first-order valence-corrected chi connectivity index (χ1v) is 11.3. The van der Waals surface area contributed by atoms with Crippen LogP contribution in [0.25, 0.3) is 0 Å². The topological polar surface area (TPSA) is 32.3 Å². The molecule has 3 nitrogen and oxygen atoms in total. The molecule has 0 aromatic heterocycles. The molecular weight excluding hydrogens is 356 g/mol. The van der Waals surface area contributed by atoms with Crippen molar-refractivity contribution < 1.29 is 4.79 Å². The highest BCUT2D eigenvalue weighted by atomic mass is 16.1. The second-order valence-electron chi connectivity index (χ2n) is 8.53. The van der Waals surface area contributed by atoms with Gasteiger partial charge < -0.3 is 10.2 Å². The lowest BCUT2D eigenvalue weighted by Crippen LogP contribution is -2.27. The lowest BCUT2D eigenvalue weighted by atomic mass is 10.0. The van der Waals surface area contributed by atoms with E-state index in [1.807, 2.05) is 6.92 Å². The Hall–Kier alpha value is -1.61. The van der Waals surface area contributed by atoms with Gasteiger partial charge in [-0.3, -0.25) is 4.79 Å². The first kappa shape index (κ1) is 27.4. The number of hydrogen-bond acceptors (Lipinski definition) is 2. The van der Waals surface area contributed by atoms with Crippen molar-refractivity contribution in [3.8, 4) is 0 Å². The highest BCUT2D eigenvalue weighted by Gasteiger charge is 1.99. The van der Waals surface area contributed by atoms with Crippen LogP contribution in [0.2, 0.25) is 0 Å². The molecule has 0 aliphatic rings. The van der Waals surface area contributed by atoms with Crippen molar-refractivity contribution in [2.75, 3.05) is 26.7 Å². The van der Waals surface area contributed by atoms with Crippen LogP contribution in [0.4, 0.5) is 0 Å². The summed E-state index contributed by atoms with van der Waals surface area (Å²) in [4.78, 5) is 14.2. The minimum atomic E-state index is 0.0380. The van der Waals surface area contributed by atoms with E-state index in [4.69, 9.17) is 0 Å². The van der Waals surface area contributed by atoms with E-state index in [9.17, 15) is 4.79 Å². The van der Waals surface area contributed by atoms with Gasteiger partial charge in [0.05, 0.1) is 0 Å². The molecule has 0 aromatic carbocycles. The number of allylic oxidation sites excluding steroid dienone is 7. The summed E-state index contributed by atoms with van der Waals surface area (Å²) in [6, 6.07) is 0. The predicted octanol–water partition coefficient (Wildman–Crippen LogP) is 6.59. The standard InChI is InChI=1S/C26H46N2O/c1-8-28(7)20-12-19-27-26(29)21-25(6)18-11-17-24(5)16-10-15-23(4)14-9-13-22(2)3/h13,15,17,21H,8-12,14,16,18-20H2,1-7H3,(H,27,29). The van der Waals surface area contributed by atoms with Crippen LogP contribution in [0.5, 0.6) is 0 Å². The van der Waals surface area contributed by atoms with E-state index in [0.717, 1.165) is 70.2 Å². The molecule has 29 heavy (non-hydrogen) atoms. The van der Waals surface area contributed by atoms with E-state index in [-0.39, 0.29) is 5.91 Å². The molecule has 0 unspecified atom stereocenters. The van der Waals surface area contributed by atoms with E-state index < -0.39 is 0 Å². The molecule has 0 aliphatic carbocycles. The lowest BCUT2D eigenvalue weighted by molar-refractivity contribution is -0.116. The van der Waals surface area contributed by atoms with E-state index in [1.165, 1.54) is 16.7 Å². The fourth-order valence-corrected chi connectivity index (χ4v) is 2.95. The van der Waals surface area contributed by atoms with Crippen molar-refractivity contribution in [2.24, 2.45) is 0 Å². The van der Waals surface area contributed by atoms with E-state index in [2.05, 4.69) is 70.1 Å². The highest BCUT2D eigenvalue weighted by Crippen LogP contribution is 2.13. The number of rotatable bonds is 15. The van der Waals surface area contributed by atoms with Gasteiger partial charge in [0.1, 0.15) is 0 Å². The summed E-state index contributed by atoms with van der Waals surface area (Å²) >= 11 is 0. The van der Waals surface area contributed by atoms with Gasteiger partial charge in [-0.25, -0.2) is 0 Å². The van der Waals surface area contributed by atoms with E-state index in [0.29, 0.717) is 0 Å². The smallest absolute Gasteiger partial charge is 0.243 e. The second kappa shape index (κ2) is 17.3. The zero-order valence-electron chi connectivity index (χ0n) is 20.2. The zero-order valence-corrected chi connectivity index (χ0v) is 20.2. The average Bonchev–Trinajstić information content (AvgIpc) is 2.64. The predicted molar refractivity (Wildman–Crippen MR) is 129 cm³/mol. The lowest BCUT2D eigenvalue weighted by Gasteiger charge is -2.13. The van der Waals surface area contributed by atoms with Crippen molar-refractivity contribution in [3.05, 3.63) is 46.6 Å². The SMILES string of the molecule is CCN(C)CCCNC(=O)C=C(C)CCC=C(C)CCC=C(C)CCC=C(C)C. The fourth-order valence-electron chi connectivity index (χ4n) is 2.95. The molecular formula is C26H46N2O. The molecule has 0 radical (unpaired) electrons. The first-order valence-electron chi connectivity index (χ1n) is 11.3. The molecule has 0 bridgehead atoms. The summed E-state index contributed by atoms with van der Waals surface area (Å²) < 4.78 is 0. The number of hydrogen-bond donors (Lipinski definition) is 1. The van der Waals surface area contributed by atoms with Crippen LogP contribution in [-0.2, 0) is 4.79 Å². The molecule has 0 rings (SSSR count). The highest BCUT2D eigenvalue weighted by molar-refractivity contribution is 5.88. The zero-order chi connectivity index (χ0) is 22.1. The van der Waals surface area contributed by atoms with Gasteiger partial charge in [0.2, 0.25) is 5.91 Å².